The molecule has 0 aliphatic carbocycles. The van der Waals surface area contributed by atoms with Crippen molar-refractivity contribution in [2.75, 3.05) is 23.8 Å². The van der Waals surface area contributed by atoms with E-state index >= 15 is 0 Å². The zero-order chi connectivity index (χ0) is 22.3. The average molecular weight is 451 g/mol. The number of aliphatic hydroxyl groups excluding tert-OH is 2. The number of nitrogens with one attached hydrogen (secondary N) is 3. The molecule has 0 saturated carbocycles. The first kappa shape index (κ1) is 20.6. The van der Waals surface area contributed by atoms with Crippen LogP contribution in [0.5, 0.6) is 11.5 Å². The van der Waals surface area contributed by atoms with Crippen LogP contribution in [-0.2, 0) is 0 Å². The first-order valence-corrected chi connectivity index (χ1v) is 10.7. The number of H-pyrrole nitrogens is 1. The molecule has 32 heavy (non-hydrogen) atoms. The van der Waals surface area contributed by atoms with Crippen LogP contribution in [0, 0.1) is 0 Å². The largest absolute Gasteiger partial charge is 0.457 e. The van der Waals surface area contributed by atoms with Gasteiger partial charge in [0.2, 0.25) is 0 Å². The number of fused-ring (bicyclic) bond motifs is 3. The van der Waals surface area contributed by atoms with Crippen LogP contribution < -0.4 is 15.4 Å². The summed E-state index contributed by atoms with van der Waals surface area (Å²) in [5, 5.41) is 28.9. The fourth-order valence-corrected chi connectivity index (χ4v) is 4.19. The van der Waals surface area contributed by atoms with E-state index in [1.54, 1.807) is 30.6 Å². The smallest absolute Gasteiger partial charge is 0.139 e. The molecule has 2 atom stereocenters. The minimum Gasteiger partial charge on any atom is -0.457 e. The number of benzene rings is 2. The van der Waals surface area contributed by atoms with Crippen LogP contribution in [0.25, 0.3) is 11.0 Å². The number of hydrogen-bond donors (Lipinski definition) is 5. The Balaban J connectivity index is 1.51. The second-order valence-electron chi connectivity index (χ2n) is 8.21. The van der Waals surface area contributed by atoms with Gasteiger partial charge in [0, 0.05) is 23.9 Å². The normalized spacial score (nSPS) is 18.5. The maximum atomic E-state index is 11.3. The molecule has 2 aromatic heterocycles. The molecule has 2 aromatic carbocycles. The molecule has 0 amide bonds. The standard InChI is InChI=1S/C24H23ClN4O3/c1-24(13-30)12-28-19-11-27-23-20(21(19)29-24)17(10-26-23)22(31)16-8-7-15(9-18(16)25)32-14-5-3-2-4-6-14/h2-11,22,28-31H,12-13H2,1H3,(H,26,27). The number of aliphatic hydroxyl groups is 2. The SMILES string of the molecule is CC1(CO)CNc2cnc3[nH]cc(C(O)c4ccc(Oc5ccccc5)cc4Cl)c3c2N1. The highest BCUT2D eigenvalue weighted by Gasteiger charge is 2.31. The molecule has 1 aliphatic heterocycles. The molecule has 0 saturated heterocycles. The number of halogens is 1. The summed E-state index contributed by atoms with van der Waals surface area (Å²) in [4.78, 5) is 7.59. The van der Waals surface area contributed by atoms with Gasteiger partial charge in [-0.15, -0.1) is 0 Å². The fourth-order valence-electron chi connectivity index (χ4n) is 3.92. The zero-order valence-corrected chi connectivity index (χ0v) is 18.1. The first-order valence-electron chi connectivity index (χ1n) is 10.3. The van der Waals surface area contributed by atoms with E-state index in [9.17, 15) is 10.2 Å². The molecule has 2 unspecified atom stereocenters. The van der Waals surface area contributed by atoms with Crippen LogP contribution in [0.15, 0.2) is 60.9 Å². The molecule has 5 rings (SSSR count). The third-order valence-electron chi connectivity index (χ3n) is 5.72. The molecular formula is C24H23ClN4O3. The highest BCUT2D eigenvalue weighted by Crippen LogP contribution is 2.41. The number of rotatable bonds is 5. The van der Waals surface area contributed by atoms with Crippen molar-refractivity contribution in [1.82, 2.24) is 9.97 Å². The lowest BCUT2D eigenvalue weighted by atomic mass is 9.96. The summed E-state index contributed by atoms with van der Waals surface area (Å²) in [5.41, 5.74) is 2.89. The van der Waals surface area contributed by atoms with Crippen molar-refractivity contribution in [2.45, 2.75) is 18.6 Å². The van der Waals surface area contributed by atoms with Crippen LogP contribution in [0.1, 0.15) is 24.2 Å². The third kappa shape index (κ3) is 3.64. The maximum Gasteiger partial charge on any atom is 0.139 e. The van der Waals surface area contributed by atoms with Crippen molar-refractivity contribution >= 4 is 34.0 Å². The van der Waals surface area contributed by atoms with Crippen LogP contribution >= 0.6 is 11.6 Å². The van der Waals surface area contributed by atoms with E-state index in [1.165, 1.54) is 0 Å². The molecule has 0 fully saturated rings. The van der Waals surface area contributed by atoms with Gasteiger partial charge in [0.15, 0.2) is 0 Å². The van der Waals surface area contributed by atoms with Gasteiger partial charge in [0.1, 0.15) is 23.3 Å². The lowest BCUT2D eigenvalue weighted by Gasteiger charge is -2.36. The lowest BCUT2D eigenvalue weighted by Crippen LogP contribution is -2.48. The molecule has 0 spiro atoms. The van der Waals surface area contributed by atoms with Crippen molar-refractivity contribution in [3.05, 3.63) is 77.1 Å². The Morgan fingerprint density at radius 1 is 1.16 bits per heavy atom. The molecule has 164 valence electrons. The lowest BCUT2D eigenvalue weighted by molar-refractivity contribution is 0.221. The molecular weight excluding hydrogens is 428 g/mol. The van der Waals surface area contributed by atoms with Crippen molar-refractivity contribution in [2.24, 2.45) is 0 Å². The Labute approximate surface area is 190 Å². The number of anilines is 2. The Bertz CT molecular complexity index is 1280. The average Bonchev–Trinajstić information content (AvgIpc) is 3.24. The summed E-state index contributed by atoms with van der Waals surface area (Å²) in [6.45, 7) is 2.45. The number of aromatic nitrogens is 2. The molecule has 1 aliphatic rings. The number of nitrogens with zero attached hydrogens (tertiary/aromatic N) is 1. The van der Waals surface area contributed by atoms with E-state index < -0.39 is 11.6 Å². The Morgan fingerprint density at radius 2 is 1.97 bits per heavy atom. The molecule has 4 aromatic rings. The van der Waals surface area contributed by atoms with Crippen molar-refractivity contribution < 1.29 is 14.9 Å². The monoisotopic (exact) mass is 450 g/mol. The van der Waals surface area contributed by atoms with Gasteiger partial charge in [0.25, 0.3) is 0 Å². The quantitative estimate of drug-likeness (QED) is 0.302. The number of para-hydroxylation sites is 1. The number of ether oxygens (including phenoxy) is 1. The predicted octanol–water partition coefficient (Wildman–Crippen LogP) is 4.68. The van der Waals surface area contributed by atoms with Crippen LogP contribution in [0.2, 0.25) is 5.02 Å². The minimum atomic E-state index is -0.987. The van der Waals surface area contributed by atoms with Gasteiger partial charge in [-0.3, -0.25) is 0 Å². The number of aromatic amines is 1. The summed E-state index contributed by atoms with van der Waals surface area (Å²) < 4.78 is 5.84. The second-order valence-corrected chi connectivity index (χ2v) is 8.62. The van der Waals surface area contributed by atoms with E-state index in [1.807, 2.05) is 37.3 Å². The Hall–Kier alpha value is -3.26. The number of hydrogen-bond acceptors (Lipinski definition) is 6. The maximum absolute atomic E-state index is 11.3. The summed E-state index contributed by atoms with van der Waals surface area (Å²) in [7, 11) is 0. The summed E-state index contributed by atoms with van der Waals surface area (Å²) in [5.74, 6) is 1.29. The van der Waals surface area contributed by atoms with Crippen molar-refractivity contribution in [3.8, 4) is 11.5 Å². The molecule has 7 nitrogen and oxygen atoms in total. The summed E-state index contributed by atoms with van der Waals surface area (Å²) in [6.07, 6.45) is 2.48. The predicted molar refractivity (Wildman–Crippen MR) is 126 cm³/mol. The molecule has 8 heteroatoms. The van der Waals surface area contributed by atoms with Gasteiger partial charge < -0.3 is 30.6 Å². The molecule has 5 N–H and O–H groups in total. The van der Waals surface area contributed by atoms with Gasteiger partial charge in [-0.2, -0.15) is 0 Å². The fraction of sp³-hybridized carbons (Fsp3) is 0.208. The minimum absolute atomic E-state index is 0.0414. The van der Waals surface area contributed by atoms with Gasteiger partial charge in [-0.25, -0.2) is 4.98 Å². The van der Waals surface area contributed by atoms with Crippen LogP contribution in [-0.4, -0.2) is 38.9 Å². The molecule has 0 bridgehead atoms. The third-order valence-corrected chi connectivity index (χ3v) is 6.04. The van der Waals surface area contributed by atoms with Gasteiger partial charge >= 0.3 is 0 Å². The van der Waals surface area contributed by atoms with E-state index in [-0.39, 0.29) is 6.61 Å². The van der Waals surface area contributed by atoms with E-state index in [0.717, 1.165) is 16.8 Å². The van der Waals surface area contributed by atoms with E-state index in [4.69, 9.17) is 16.3 Å². The topological polar surface area (TPSA) is 102 Å². The highest BCUT2D eigenvalue weighted by atomic mass is 35.5. The summed E-state index contributed by atoms with van der Waals surface area (Å²) >= 11 is 6.54. The van der Waals surface area contributed by atoms with E-state index in [0.29, 0.717) is 39.8 Å². The number of pyridine rings is 1. The van der Waals surface area contributed by atoms with Crippen molar-refractivity contribution in [3.63, 3.8) is 0 Å². The van der Waals surface area contributed by atoms with Crippen LogP contribution in [0.4, 0.5) is 11.4 Å². The Morgan fingerprint density at radius 3 is 2.72 bits per heavy atom. The van der Waals surface area contributed by atoms with Gasteiger partial charge in [-0.05, 0) is 31.2 Å². The molecule has 3 heterocycles. The highest BCUT2D eigenvalue weighted by molar-refractivity contribution is 6.31. The van der Waals surface area contributed by atoms with Gasteiger partial charge in [-0.1, -0.05) is 35.9 Å². The first-order chi connectivity index (χ1) is 15.5. The summed E-state index contributed by atoms with van der Waals surface area (Å²) in [6, 6.07) is 14.7. The molecule has 0 radical (unpaired) electrons. The van der Waals surface area contributed by atoms with E-state index in [2.05, 4.69) is 20.6 Å². The second kappa shape index (κ2) is 8.02. The Kier molecular flexibility index (Phi) is 5.17. The van der Waals surface area contributed by atoms with Crippen LogP contribution in [0.3, 0.4) is 0 Å². The van der Waals surface area contributed by atoms with Crippen molar-refractivity contribution in [1.29, 1.82) is 0 Å². The van der Waals surface area contributed by atoms with Gasteiger partial charge in [0.05, 0.1) is 40.1 Å². The zero-order valence-electron chi connectivity index (χ0n) is 17.4.